The SMILES string of the molecule is COC(=O)c1sc(N)c(C(=O)OC)c1COC(=O)/C=C/c1cn(-c2ccccc2)nc1-c1ccc2c(c1)OCCO2. The van der Waals surface area contributed by atoms with Crippen molar-refractivity contribution < 1.29 is 38.1 Å². The molecule has 11 nitrogen and oxygen atoms in total. The lowest BCUT2D eigenvalue weighted by Crippen LogP contribution is -2.15. The van der Waals surface area contributed by atoms with Crippen molar-refractivity contribution in [1.82, 2.24) is 9.78 Å². The number of hydrogen-bond donors (Lipinski definition) is 1. The lowest BCUT2D eigenvalue weighted by atomic mass is 10.1. The number of fused-ring (bicyclic) bond motifs is 1. The second-order valence-electron chi connectivity index (χ2n) is 8.64. The molecule has 12 heteroatoms. The highest BCUT2D eigenvalue weighted by Crippen LogP contribution is 2.36. The van der Waals surface area contributed by atoms with Gasteiger partial charge in [0.25, 0.3) is 0 Å². The van der Waals surface area contributed by atoms with Crippen molar-refractivity contribution in [3.63, 3.8) is 0 Å². The number of nitrogens with two attached hydrogens (primary N) is 1. The average molecular weight is 576 g/mol. The van der Waals surface area contributed by atoms with Crippen LogP contribution in [-0.4, -0.2) is 55.1 Å². The second kappa shape index (κ2) is 12.0. The van der Waals surface area contributed by atoms with E-state index in [9.17, 15) is 14.4 Å². The van der Waals surface area contributed by atoms with Crippen LogP contribution in [0.25, 0.3) is 23.0 Å². The zero-order chi connectivity index (χ0) is 28.9. The van der Waals surface area contributed by atoms with Crippen molar-refractivity contribution >= 4 is 40.3 Å². The van der Waals surface area contributed by atoms with Gasteiger partial charge < -0.3 is 29.4 Å². The molecule has 1 aliphatic heterocycles. The Labute approximate surface area is 238 Å². The molecule has 0 saturated carbocycles. The van der Waals surface area contributed by atoms with E-state index in [1.807, 2.05) is 48.5 Å². The maximum atomic E-state index is 12.8. The lowest BCUT2D eigenvalue weighted by Gasteiger charge is -2.18. The fourth-order valence-electron chi connectivity index (χ4n) is 4.19. The first-order valence-electron chi connectivity index (χ1n) is 12.4. The molecule has 0 saturated heterocycles. The molecular formula is C29H25N3O8S. The first-order valence-corrected chi connectivity index (χ1v) is 13.2. The van der Waals surface area contributed by atoms with Crippen molar-refractivity contribution in [2.45, 2.75) is 6.61 Å². The first-order chi connectivity index (χ1) is 19.9. The third kappa shape index (κ3) is 5.77. The monoisotopic (exact) mass is 575 g/mol. The Morgan fingerprint density at radius 2 is 1.76 bits per heavy atom. The highest BCUT2D eigenvalue weighted by molar-refractivity contribution is 7.18. The smallest absolute Gasteiger partial charge is 0.348 e. The molecule has 0 fully saturated rings. The molecule has 3 heterocycles. The highest BCUT2D eigenvalue weighted by atomic mass is 32.1. The molecule has 0 aliphatic carbocycles. The van der Waals surface area contributed by atoms with Crippen molar-refractivity contribution in [3.05, 3.63) is 82.4 Å². The standard InChI is InChI=1S/C29H25N3O8S/c1-36-28(34)24-20(26(29(35)37-2)41-27(24)30)16-40-23(33)11-9-18-15-32(19-6-4-3-5-7-19)31-25(18)17-8-10-21-22(14-17)39-13-12-38-21/h3-11,14-15H,12-13,16,30H2,1-2H3/b11-9+. The minimum Gasteiger partial charge on any atom is -0.486 e. The summed E-state index contributed by atoms with van der Waals surface area (Å²) in [5, 5.41) is 4.81. The summed E-state index contributed by atoms with van der Waals surface area (Å²) in [6.45, 7) is 0.522. The number of esters is 3. The Morgan fingerprint density at radius 3 is 2.49 bits per heavy atom. The topological polar surface area (TPSA) is 141 Å². The summed E-state index contributed by atoms with van der Waals surface area (Å²) >= 11 is 0.852. The minimum atomic E-state index is -0.757. The Balaban J connectivity index is 1.42. The number of anilines is 1. The van der Waals surface area contributed by atoms with Crippen molar-refractivity contribution in [2.24, 2.45) is 0 Å². The van der Waals surface area contributed by atoms with Crippen LogP contribution < -0.4 is 15.2 Å². The summed E-state index contributed by atoms with van der Waals surface area (Å²) in [6.07, 6.45) is 4.60. The van der Waals surface area contributed by atoms with Crippen molar-refractivity contribution in [2.75, 3.05) is 33.2 Å². The summed E-state index contributed by atoms with van der Waals surface area (Å²) in [5.41, 5.74) is 8.84. The molecule has 41 heavy (non-hydrogen) atoms. The molecule has 0 spiro atoms. The molecule has 2 N–H and O–H groups in total. The predicted octanol–water partition coefficient (Wildman–Crippen LogP) is 4.28. The van der Waals surface area contributed by atoms with Gasteiger partial charge in [-0.15, -0.1) is 11.3 Å². The third-order valence-electron chi connectivity index (χ3n) is 6.13. The van der Waals surface area contributed by atoms with Crippen LogP contribution in [-0.2, 0) is 25.6 Å². The highest BCUT2D eigenvalue weighted by Gasteiger charge is 2.28. The molecule has 0 unspecified atom stereocenters. The van der Waals surface area contributed by atoms with E-state index in [1.54, 1.807) is 17.0 Å². The lowest BCUT2D eigenvalue weighted by molar-refractivity contribution is -0.138. The maximum Gasteiger partial charge on any atom is 0.348 e. The number of benzene rings is 2. The summed E-state index contributed by atoms with van der Waals surface area (Å²) in [5.74, 6) is -0.934. The Kier molecular flexibility index (Phi) is 8.01. The van der Waals surface area contributed by atoms with Crippen LogP contribution in [0, 0.1) is 0 Å². The Hall–Kier alpha value is -5.10. The van der Waals surface area contributed by atoms with E-state index < -0.39 is 24.5 Å². The molecule has 4 aromatic rings. The van der Waals surface area contributed by atoms with Crippen molar-refractivity contribution in [3.8, 4) is 28.4 Å². The summed E-state index contributed by atoms with van der Waals surface area (Å²) in [4.78, 5) is 37.4. The van der Waals surface area contributed by atoms with Gasteiger partial charge in [-0.25, -0.2) is 19.1 Å². The maximum absolute atomic E-state index is 12.8. The van der Waals surface area contributed by atoms with E-state index >= 15 is 0 Å². The minimum absolute atomic E-state index is 0.0419. The molecule has 210 valence electrons. The van der Waals surface area contributed by atoms with Crippen LogP contribution in [0.15, 0.2) is 60.8 Å². The number of ether oxygens (including phenoxy) is 5. The van der Waals surface area contributed by atoms with Crippen LogP contribution in [0.5, 0.6) is 11.5 Å². The van der Waals surface area contributed by atoms with Gasteiger partial charge in [0.2, 0.25) is 0 Å². The summed E-state index contributed by atoms with van der Waals surface area (Å²) in [7, 11) is 2.38. The van der Waals surface area contributed by atoms with Gasteiger partial charge in [0.05, 0.1) is 19.9 Å². The second-order valence-corrected chi connectivity index (χ2v) is 9.70. The zero-order valence-corrected chi connectivity index (χ0v) is 22.9. The van der Waals surface area contributed by atoms with Crippen LogP contribution in [0.2, 0.25) is 0 Å². The molecule has 0 amide bonds. The van der Waals surface area contributed by atoms with E-state index in [2.05, 4.69) is 0 Å². The molecule has 1 aliphatic rings. The largest absolute Gasteiger partial charge is 0.486 e. The number of hydrogen-bond acceptors (Lipinski definition) is 11. The number of carbonyl (C=O) groups is 3. The van der Waals surface area contributed by atoms with Gasteiger partial charge in [-0.05, 0) is 36.4 Å². The predicted molar refractivity (Wildman–Crippen MR) is 150 cm³/mol. The number of aromatic nitrogens is 2. The van der Waals surface area contributed by atoms with Gasteiger partial charge in [0.1, 0.15) is 41.0 Å². The third-order valence-corrected chi connectivity index (χ3v) is 7.17. The molecular weight excluding hydrogens is 550 g/mol. The number of methoxy groups -OCH3 is 2. The summed E-state index contributed by atoms with van der Waals surface area (Å²) in [6, 6.07) is 15.0. The molecule has 0 bridgehead atoms. The van der Waals surface area contributed by atoms with Gasteiger partial charge in [-0.1, -0.05) is 18.2 Å². The fourth-order valence-corrected chi connectivity index (χ4v) is 5.17. The van der Waals surface area contributed by atoms with E-state index in [1.165, 1.54) is 20.3 Å². The number of thiophene rings is 1. The van der Waals surface area contributed by atoms with Crippen molar-refractivity contribution in [1.29, 1.82) is 0 Å². The van der Waals surface area contributed by atoms with E-state index in [4.69, 9.17) is 34.5 Å². The van der Waals surface area contributed by atoms with Gasteiger partial charge in [-0.2, -0.15) is 5.10 Å². The fraction of sp³-hybridized carbons (Fsp3) is 0.172. The van der Waals surface area contributed by atoms with Crippen LogP contribution >= 0.6 is 11.3 Å². The van der Waals surface area contributed by atoms with Crippen LogP contribution in [0.3, 0.4) is 0 Å². The Bertz CT molecular complexity index is 1640. The summed E-state index contributed by atoms with van der Waals surface area (Å²) < 4.78 is 28.0. The van der Waals surface area contributed by atoms with E-state index in [0.717, 1.165) is 22.6 Å². The van der Waals surface area contributed by atoms with Gasteiger partial charge in [0.15, 0.2) is 11.5 Å². The first kappa shape index (κ1) is 27.5. The van der Waals surface area contributed by atoms with E-state index in [0.29, 0.717) is 36.0 Å². The Morgan fingerprint density at radius 1 is 1.02 bits per heavy atom. The zero-order valence-electron chi connectivity index (χ0n) is 22.1. The number of nitrogen functional groups attached to an aromatic ring is 1. The van der Waals surface area contributed by atoms with Crippen LogP contribution in [0.4, 0.5) is 5.00 Å². The molecule has 0 atom stereocenters. The van der Waals surface area contributed by atoms with Gasteiger partial charge in [0, 0.05) is 29.0 Å². The number of carbonyl (C=O) groups excluding carboxylic acids is 3. The quantitative estimate of drug-likeness (QED) is 0.184. The van der Waals surface area contributed by atoms with Crippen LogP contribution in [0.1, 0.15) is 31.2 Å². The molecule has 0 radical (unpaired) electrons. The van der Waals surface area contributed by atoms with Gasteiger partial charge in [-0.3, -0.25) is 0 Å². The number of para-hydroxylation sites is 1. The molecule has 5 rings (SSSR count). The average Bonchev–Trinajstić information content (AvgIpc) is 3.59. The van der Waals surface area contributed by atoms with E-state index in [-0.39, 0.29) is 21.0 Å². The van der Waals surface area contributed by atoms with Gasteiger partial charge >= 0.3 is 17.9 Å². The number of rotatable bonds is 8. The number of nitrogens with zero attached hydrogens (tertiary/aromatic N) is 2. The normalized spacial score (nSPS) is 12.2. The molecule has 2 aromatic heterocycles. The molecule has 2 aromatic carbocycles.